The van der Waals surface area contributed by atoms with Gasteiger partial charge in [0, 0.05) is 19.6 Å². The molecule has 2 aliphatic heterocycles. The molecule has 1 aromatic rings. The van der Waals surface area contributed by atoms with Crippen molar-refractivity contribution < 1.29 is 14.3 Å². The molecule has 4 heteroatoms. The van der Waals surface area contributed by atoms with Crippen molar-refractivity contribution in [3.05, 3.63) is 34.9 Å². The smallest absolute Gasteiger partial charge is 0.226 e. The molecule has 2 aliphatic rings. The summed E-state index contributed by atoms with van der Waals surface area (Å²) in [6.45, 7) is 1.64. The van der Waals surface area contributed by atoms with Crippen LogP contribution in [0.25, 0.3) is 0 Å². The van der Waals surface area contributed by atoms with E-state index in [1.807, 2.05) is 6.07 Å². The number of rotatable bonds is 4. The zero-order valence-corrected chi connectivity index (χ0v) is 13.6. The van der Waals surface area contributed by atoms with E-state index in [2.05, 4.69) is 12.1 Å². The standard InChI is InChI=1S/C18H23ClO3/c19-18(20)12-13-7-8-14(16-5-1-3-9-21-16)15(11-13)17-6-2-4-10-22-17/h7-8,11,16-17H,1-6,9-10,12H2. The van der Waals surface area contributed by atoms with Gasteiger partial charge in [0.05, 0.1) is 12.2 Å². The number of benzene rings is 1. The molecule has 3 rings (SSSR count). The summed E-state index contributed by atoms with van der Waals surface area (Å²) >= 11 is 5.54. The van der Waals surface area contributed by atoms with Crippen molar-refractivity contribution in [2.45, 2.75) is 57.2 Å². The van der Waals surface area contributed by atoms with E-state index in [-0.39, 0.29) is 23.9 Å². The lowest BCUT2D eigenvalue weighted by Crippen LogP contribution is -2.18. The molecule has 2 fully saturated rings. The van der Waals surface area contributed by atoms with Gasteiger partial charge in [-0.15, -0.1) is 0 Å². The summed E-state index contributed by atoms with van der Waals surface area (Å²) in [6.07, 6.45) is 7.33. The Bertz CT molecular complexity index is 517. The Morgan fingerprint density at radius 2 is 1.64 bits per heavy atom. The van der Waals surface area contributed by atoms with Gasteiger partial charge in [-0.2, -0.15) is 0 Å². The molecule has 0 saturated carbocycles. The van der Waals surface area contributed by atoms with Crippen molar-refractivity contribution in [2.75, 3.05) is 13.2 Å². The number of carbonyl (C=O) groups excluding carboxylic acids is 1. The summed E-state index contributed by atoms with van der Waals surface area (Å²) in [7, 11) is 0. The van der Waals surface area contributed by atoms with Crippen LogP contribution in [0.2, 0.25) is 0 Å². The van der Waals surface area contributed by atoms with Gasteiger partial charge in [-0.25, -0.2) is 0 Å². The second kappa shape index (κ2) is 7.58. The van der Waals surface area contributed by atoms with Crippen LogP contribution in [0.3, 0.4) is 0 Å². The Kier molecular flexibility index (Phi) is 5.51. The van der Waals surface area contributed by atoms with E-state index >= 15 is 0 Å². The first kappa shape index (κ1) is 16.0. The maximum absolute atomic E-state index is 11.2. The molecular weight excluding hydrogens is 300 g/mol. The van der Waals surface area contributed by atoms with Gasteiger partial charge in [0.25, 0.3) is 0 Å². The Labute approximate surface area is 136 Å². The van der Waals surface area contributed by atoms with Crippen molar-refractivity contribution in [3.63, 3.8) is 0 Å². The summed E-state index contributed by atoms with van der Waals surface area (Å²) in [6, 6.07) is 6.21. The van der Waals surface area contributed by atoms with Gasteiger partial charge in [-0.3, -0.25) is 4.79 Å². The van der Waals surface area contributed by atoms with Crippen LogP contribution in [0.4, 0.5) is 0 Å². The largest absolute Gasteiger partial charge is 0.374 e. The van der Waals surface area contributed by atoms with Crippen molar-refractivity contribution in [1.29, 1.82) is 0 Å². The van der Waals surface area contributed by atoms with Crippen LogP contribution in [-0.2, 0) is 20.7 Å². The summed E-state index contributed by atoms with van der Waals surface area (Å²) in [5, 5.41) is -0.322. The molecule has 120 valence electrons. The van der Waals surface area contributed by atoms with Crippen LogP contribution >= 0.6 is 11.6 Å². The van der Waals surface area contributed by atoms with E-state index in [4.69, 9.17) is 21.1 Å². The molecule has 2 unspecified atom stereocenters. The molecular formula is C18H23ClO3. The highest BCUT2D eigenvalue weighted by atomic mass is 35.5. The van der Waals surface area contributed by atoms with E-state index in [0.29, 0.717) is 0 Å². The summed E-state index contributed by atoms with van der Waals surface area (Å²) < 4.78 is 11.9. The molecule has 0 aliphatic carbocycles. The van der Waals surface area contributed by atoms with Crippen molar-refractivity contribution in [2.24, 2.45) is 0 Å². The molecule has 0 amide bonds. The molecule has 2 atom stereocenters. The fraction of sp³-hybridized carbons (Fsp3) is 0.611. The molecule has 0 radical (unpaired) electrons. The molecule has 3 nitrogen and oxygen atoms in total. The summed E-state index contributed by atoms with van der Waals surface area (Å²) in [5.74, 6) is 0. The minimum absolute atomic E-state index is 0.125. The number of hydrogen-bond donors (Lipinski definition) is 0. The quantitative estimate of drug-likeness (QED) is 0.767. The van der Waals surface area contributed by atoms with E-state index < -0.39 is 0 Å². The second-order valence-corrected chi connectivity index (χ2v) is 6.63. The molecule has 2 heterocycles. The van der Waals surface area contributed by atoms with Crippen molar-refractivity contribution >= 4 is 16.8 Å². The first-order valence-corrected chi connectivity index (χ1v) is 8.66. The Hall–Kier alpha value is -0.900. The van der Waals surface area contributed by atoms with Crippen LogP contribution in [0.5, 0.6) is 0 Å². The molecule has 0 bridgehead atoms. The normalized spacial score (nSPS) is 25.9. The monoisotopic (exact) mass is 322 g/mol. The average Bonchev–Trinajstić information content (AvgIpc) is 2.56. The fourth-order valence-electron chi connectivity index (χ4n) is 3.44. The van der Waals surface area contributed by atoms with E-state index in [1.54, 1.807) is 0 Å². The van der Waals surface area contributed by atoms with Gasteiger partial charge >= 0.3 is 0 Å². The second-order valence-electron chi connectivity index (χ2n) is 6.21. The summed E-state index contributed by atoms with van der Waals surface area (Å²) in [4.78, 5) is 11.2. The molecule has 1 aromatic carbocycles. The number of ether oxygens (including phenoxy) is 2. The third-order valence-corrected chi connectivity index (χ3v) is 4.68. The van der Waals surface area contributed by atoms with Crippen LogP contribution in [-0.4, -0.2) is 18.5 Å². The first-order valence-electron chi connectivity index (χ1n) is 8.28. The Morgan fingerprint density at radius 1 is 1.00 bits per heavy atom. The zero-order chi connectivity index (χ0) is 15.4. The summed E-state index contributed by atoms with van der Waals surface area (Å²) in [5.41, 5.74) is 3.39. The maximum Gasteiger partial charge on any atom is 0.226 e. The lowest BCUT2D eigenvalue weighted by molar-refractivity contribution is -0.111. The minimum Gasteiger partial charge on any atom is -0.374 e. The highest BCUT2D eigenvalue weighted by Gasteiger charge is 2.25. The highest BCUT2D eigenvalue weighted by Crippen LogP contribution is 2.37. The molecule has 22 heavy (non-hydrogen) atoms. The lowest BCUT2D eigenvalue weighted by Gasteiger charge is -2.30. The van der Waals surface area contributed by atoms with Crippen LogP contribution in [0.15, 0.2) is 18.2 Å². The van der Waals surface area contributed by atoms with Gasteiger partial charge < -0.3 is 9.47 Å². The predicted octanol–water partition coefficient (Wildman–Crippen LogP) is 4.48. The van der Waals surface area contributed by atoms with E-state index in [0.717, 1.165) is 44.5 Å². The molecule has 0 N–H and O–H groups in total. The topological polar surface area (TPSA) is 35.5 Å². The van der Waals surface area contributed by atoms with Gasteiger partial charge in [-0.05, 0) is 66.8 Å². The lowest BCUT2D eigenvalue weighted by atomic mass is 9.89. The van der Waals surface area contributed by atoms with Gasteiger partial charge in [0.2, 0.25) is 5.24 Å². The highest BCUT2D eigenvalue weighted by molar-refractivity contribution is 6.63. The first-order chi connectivity index (χ1) is 10.7. The van der Waals surface area contributed by atoms with Gasteiger partial charge in [0.1, 0.15) is 0 Å². The third kappa shape index (κ3) is 3.89. The van der Waals surface area contributed by atoms with Gasteiger partial charge in [-0.1, -0.05) is 18.2 Å². The number of carbonyl (C=O) groups is 1. The minimum atomic E-state index is -0.322. The van der Waals surface area contributed by atoms with Gasteiger partial charge in [0.15, 0.2) is 0 Å². The Balaban J connectivity index is 1.90. The molecule has 2 saturated heterocycles. The van der Waals surface area contributed by atoms with Crippen LogP contribution < -0.4 is 0 Å². The van der Waals surface area contributed by atoms with Crippen molar-refractivity contribution in [3.8, 4) is 0 Å². The number of halogens is 1. The fourth-order valence-corrected chi connectivity index (χ4v) is 3.59. The molecule has 0 spiro atoms. The predicted molar refractivity (Wildman–Crippen MR) is 86.1 cm³/mol. The maximum atomic E-state index is 11.2. The molecule has 0 aromatic heterocycles. The van der Waals surface area contributed by atoms with E-state index in [1.165, 1.54) is 24.0 Å². The average molecular weight is 323 g/mol. The third-order valence-electron chi connectivity index (χ3n) is 4.55. The van der Waals surface area contributed by atoms with Crippen molar-refractivity contribution in [1.82, 2.24) is 0 Å². The van der Waals surface area contributed by atoms with Crippen LogP contribution in [0, 0.1) is 0 Å². The number of hydrogen-bond acceptors (Lipinski definition) is 3. The zero-order valence-electron chi connectivity index (χ0n) is 12.9. The Morgan fingerprint density at radius 3 is 2.18 bits per heavy atom. The van der Waals surface area contributed by atoms with E-state index in [9.17, 15) is 4.79 Å². The van der Waals surface area contributed by atoms with Crippen LogP contribution in [0.1, 0.15) is 67.4 Å². The SMILES string of the molecule is O=C(Cl)Cc1ccc(C2CCCCO2)c(C2CCCCO2)c1.